The van der Waals surface area contributed by atoms with E-state index in [1.807, 2.05) is 25.1 Å². The van der Waals surface area contributed by atoms with E-state index in [1.165, 1.54) is 6.08 Å². The van der Waals surface area contributed by atoms with Gasteiger partial charge in [0.15, 0.2) is 0 Å². The zero-order valence-electron chi connectivity index (χ0n) is 23.0. The number of ether oxygens (including phenoxy) is 3. The van der Waals surface area contributed by atoms with Gasteiger partial charge in [0.25, 0.3) is 0 Å². The molecule has 204 valence electrons. The van der Waals surface area contributed by atoms with E-state index in [2.05, 4.69) is 0 Å². The van der Waals surface area contributed by atoms with Crippen LogP contribution in [0.1, 0.15) is 66.4 Å². The summed E-state index contributed by atoms with van der Waals surface area (Å²) < 4.78 is 16.2. The second kappa shape index (κ2) is 10.0. The van der Waals surface area contributed by atoms with Crippen molar-refractivity contribution in [3.63, 3.8) is 0 Å². The van der Waals surface area contributed by atoms with Crippen LogP contribution in [0.5, 0.6) is 0 Å². The maximum absolute atomic E-state index is 14.6. The van der Waals surface area contributed by atoms with Crippen LogP contribution in [-0.4, -0.2) is 42.8 Å². The zero-order valence-corrected chi connectivity index (χ0v) is 23.0. The minimum absolute atomic E-state index is 0.169. The highest BCUT2D eigenvalue weighted by molar-refractivity contribution is 6.23. The number of hydrogen-bond donors (Lipinski definition) is 0. The van der Waals surface area contributed by atoms with Gasteiger partial charge in [0.05, 0.1) is 30.2 Å². The molecule has 1 aliphatic heterocycles. The first-order chi connectivity index (χ1) is 17.9. The number of allylic oxidation sites excluding steroid dienone is 3. The van der Waals surface area contributed by atoms with Gasteiger partial charge in [0.2, 0.25) is 5.91 Å². The number of rotatable bonds is 5. The predicted octanol–water partition coefficient (Wildman–Crippen LogP) is 5.25. The fraction of sp³-hybridized carbons (Fsp3) is 0.533. The molecule has 1 aromatic rings. The van der Waals surface area contributed by atoms with E-state index in [0.717, 1.165) is 10.5 Å². The van der Waals surface area contributed by atoms with Crippen LogP contribution in [0.4, 0.5) is 10.5 Å². The van der Waals surface area contributed by atoms with Crippen molar-refractivity contribution in [1.82, 2.24) is 0 Å². The molecule has 2 bridgehead atoms. The number of benzene rings is 1. The van der Waals surface area contributed by atoms with Gasteiger partial charge in [-0.2, -0.15) is 0 Å². The SMILES string of the molecule is CCOC(=O)/C=C/C=C1\C[C@]2(C)CC[C@H]1[C@H](C(=O)OCC)[C@]21C(=O)N(C(=O)OC(C)(C)C)c2ccccc21. The predicted molar refractivity (Wildman–Crippen MR) is 141 cm³/mol. The minimum Gasteiger partial charge on any atom is -0.466 e. The Labute approximate surface area is 224 Å². The number of esters is 2. The molecule has 0 radical (unpaired) electrons. The van der Waals surface area contributed by atoms with Gasteiger partial charge in [-0.25, -0.2) is 14.5 Å². The van der Waals surface area contributed by atoms with Gasteiger partial charge in [-0.1, -0.05) is 42.8 Å². The van der Waals surface area contributed by atoms with E-state index in [1.54, 1.807) is 52.8 Å². The van der Waals surface area contributed by atoms with Crippen molar-refractivity contribution in [2.24, 2.45) is 17.3 Å². The first kappa shape index (κ1) is 27.6. The highest BCUT2D eigenvalue weighted by atomic mass is 16.6. The second-order valence-electron chi connectivity index (χ2n) is 11.4. The second-order valence-corrected chi connectivity index (χ2v) is 11.4. The van der Waals surface area contributed by atoms with E-state index in [9.17, 15) is 19.2 Å². The Morgan fingerprint density at radius 1 is 1.11 bits per heavy atom. The monoisotopic (exact) mass is 523 g/mol. The number of nitrogens with zero attached hydrogens (tertiary/aromatic N) is 1. The number of imide groups is 1. The molecule has 2 amide bonds. The van der Waals surface area contributed by atoms with E-state index in [-0.39, 0.29) is 19.1 Å². The van der Waals surface area contributed by atoms with Crippen LogP contribution in [0.3, 0.4) is 0 Å². The van der Waals surface area contributed by atoms with Gasteiger partial charge in [-0.3, -0.25) is 9.59 Å². The molecule has 4 aliphatic rings. The fourth-order valence-corrected chi connectivity index (χ4v) is 6.70. The summed E-state index contributed by atoms with van der Waals surface area (Å²) >= 11 is 0. The van der Waals surface area contributed by atoms with Gasteiger partial charge in [-0.05, 0) is 76.8 Å². The fourth-order valence-electron chi connectivity index (χ4n) is 6.70. The van der Waals surface area contributed by atoms with Crippen LogP contribution in [0.2, 0.25) is 0 Å². The lowest BCUT2D eigenvalue weighted by Crippen LogP contribution is -2.66. The van der Waals surface area contributed by atoms with Crippen molar-refractivity contribution >= 4 is 29.6 Å². The van der Waals surface area contributed by atoms with Crippen molar-refractivity contribution < 1.29 is 33.4 Å². The average Bonchev–Trinajstić information content (AvgIpc) is 3.08. The molecule has 0 unspecified atom stereocenters. The number of carbonyl (C=O) groups excluding carboxylic acids is 4. The van der Waals surface area contributed by atoms with Gasteiger partial charge in [0.1, 0.15) is 5.60 Å². The number of carbonyl (C=O) groups is 4. The number of fused-ring (bicyclic) bond motifs is 3. The molecule has 3 fully saturated rings. The molecule has 4 atom stereocenters. The van der Waals surface area contributed by atoms with Crippen LogP contribution in [0, 0.1) is 17.3 Å². The largest absolute Gasteiger partial charge is 0.466 e. The Balaban J connectivity index is 1.87. The average molecular weight is 524 g/mol. The van der Waals surface area contributed by atoms with Gasteiger partial charge in [0, 0.05) is 6.08 Å². The topological polar surface area (TPSA) is 99.2 Å². The lowest BCUT2D eigenvalue weighted by Gasteiger charge is -2.60. The van der Waals surface area contributed by atoms with Crippen LogP contribution in [-0.2, 0) is 34.0 Å². The highest BCUT2D eigenvalue weighted by Gasteiger charge is 2.73. The van der Waals surface area contributed by atoms with Crippen LogP contribution in [0.25, 0.3) is 0 Å². The van der Waals surface area contributed by atoms with E-state index in [0.29, 0.717) is 30.5 Å². The summed E-state index contributed by atoms with van der Waals surface area (Å²) in [4.78, 5) is 54.7. The highest BCUT2D eigenvalue weighted by Crippen LogP contribution is 2.69. The number of para-hydroxylation sites is 1. The summed E-state index contributed by atoms with van der Waals surface area (Å²) in [5.41, 5.74) is -0.710. The van der Waals surface area contributed by atoms with Crippen molar-refractivity contribution in [2.45, 2.75) is 71.8 Å². The van der Waals surface area contributed by atoms with E-state index in [4.69, 9.17) is 14.2 Å². The smallest absolute Gasteiger partial charge is 0.421 e. The Kier molecular flexibility index (Phi) is 7.30. The summed E-state index contributed by atoms with van der Waals surface area (Å²) in [5, 5.41) is 0. The third-order valence-electron chi connectivity index (χ3n) is 7.95. The zero-order chi connectivity index (χ0) is 27.9. The lowest BCUT2D eigenvalue weighted by atomic mass is 9.40. The molecular formula is C30H37NO7. The number of hydrogen-bond acceptors (Lipinski definition) is 7. The number of amides is 2. The molecule has 8 heteroatoms. The Hall–Kier alpha value is -3.42. The summed E-state index contributed by atoms with van der Waals surface area (Å²) in [6.07, 6.45) is 6.00. The van der Waals surface area contributed by atoms with Gasteiger partial charge >= 0.3 is 18.0 Å². The standard InChI is InChI=1S/C30H37NO7/c1-7-36-23(32)15-11-12-19-18-29(6)17-16-20(19)24(25(33)37-8-2)30(29)21-13-9-10-14-22(21)31(26(30)34)27(35)38-28(3,4)5/h9-15,20,24H,7-8,16-18H2,1-6H3/b15-11+,19-12+/t20-,24-,29+,30-/m1/s1. The first-order valence-electron chi connectivity index (χ1n) is 13.3. The summed E-state index contributed by atoms with van der Waals surface area (Å²) in [6, 6.07) is 7.19. The first-order valence-corrected chi connectivity index (χ1v) is 13.3. The molecule has 38 heavy (non-hydrogen) atoms. The number of anilines is 1. The third kappa shape index (κ3) is 4.33. The quantitative estimate of drug-likeness (QED) is 0.295. The lowest BCUT2D eigenvalue weighted by molar-refractivity contribution is -0.168. The van der Waals surface area contributed by atoms with E-state index < -0.39 is 46.3 Å². The molecule has 0 saturated heterocycles. The van der Waals surface area contributed by atoms with Crippen molar-refractivity contribution in [3.05, 3.63) is 53.6 Å². The molecule has 1 heterocycles. The Bertz CT molecular complexity index is 1210. The maximum Gasteiger partial charge on any atom is 0.421 e. The van der Waals surface area contributed by atoms with Crippen LogP contribution >= 0.6 is 0 Å². The van der Waals surface area contributed by atoms with Crippen molar-refractivity contribution in [3.8, 4) is 0 Å². The Morgan fingerprint density at radius 3 is 2.45 bits per heavy atom. The summed E-state index contributed by atoms with van der Waals surface area (Å²) in [5.74, 6) is -2.48. The van der Waals surface area contributed by atoms with Crippen molar-refractivity contribution in [1.29, 1.82) is 0 Å². The third-order valence-corrected chi connectivity index (χ3v) is 7.95. The molecular weight excluding hydrogens is 486 g/mol. The molecule has 0 N–H and O–H groups in total. The van der Waals surface area contributed by atoms with Gasteiger partial charge < -0.3 is 14.2 Å². The van der Waals surface area contributed by atoms with Crippen LogP contribution in [0.15, 0.2) is 48.1 Å². The minimum atomic E-state index is -1.29. The summed E-state index contributed by atoms with van der Waals surface area (Å²) in [7, 11) is 0. The molecule has 0 aromatic heterocycles. The van der Waals surface area contributed by atoms with Gasteiger partial charge in [-0.15, -0.1) is 0 Å². The van der Waals surface area contributed by atoms with Crippen LogP contribution < -0.4 is 4.90 Å². The molecule has 3 aliphatic carbocycles. The molecule has 3 saturated carbocycles. The normalized spacial score (nSPS) is 29.2. The molecule has 1 aromatic carbocycles. The van der Waals surface area contributed by atoms with Crippen molar-refractivity contribution in [2.75, 3.05) is 18.1 Å². The molecule has 5 rings (SSSR count). The molecule has 1 spiro atoms. The maximum atomic E-state index is 14.6. The Morgan fingerprint density at radius 2 is 1.79 bits per heavy atom. The van der Waals surface area contributed by atoms with E-state index >= 15 is 0 Å². The summed E-state index contributed by atoms with van der Waals surface area (Å²) in [6.45, 7) is 11.2. The molecule has 8 nitrogen and oxygen atoms in total.